The first kappa shape index (κ1) is 18.2. The number of likely N-dealkylation sites (tertiary alicyclic amines) is 1. The van der Waals surface area contributed by atoms with Crippen LogP contribution in [-0.2, 0) is 19.1 Å². The van der Waals surface area contributed by atoms with Gasteiger partial charge >= 0.3 is 0 Å². The normalized spacial score (nSPS) is 20.4. The van der Waals surface area contributed by atoms with Crippen molar-refractivity contribution in [3.05, 3.63) is 0 Å². The first-order valence-electron chi connectivity index (χ1n) is 8.65. The van der Waals surface area contributed by atoms with Crippen molar-refractivity contribution >= 4 is 11.8 Å². The fourth-order valence-electron chi connectivity index (χ4n) is 3.24. The van der Waals surface area contributed by atoms with Crippen molar-refractivity contribution in [3.63, 3.8) is 0 Å². The number of amides is 2. The average molecular weight is 326 g/mol. The summed E-state index contributed by atoms with van der Waals surface area (Å²) < 4.78 is 10.3. The molecule has 0 aromatic heterocycles. The molecule has 0 radical (unpaired) electrons. The van der Waals surface area contributed by atoms with Crippen LogP contribution in [0.5, 0.6) is 0 Å². The fourth-order valence-corrected chi connectivity index (χ4v) is 3.24. The van der Waals surface area contributed by atoms with Crippen LogP contribution in [0.1, 0.15) is 32.6 Å². The minimum absolute atomic E-state index is 0.00872. The lowest BCUT2D eigenvalue weighted by Crippen LogP contribution is -2.49. The van der Waals surface area contributed by atoms with Crippen molar-refractivity contribution in [2.75, 3.05) is 47.1 Å². The Bertz CT molecular complexity index is 403. The summed E-state index contributed by atoms with van der Waals surface area (Å²) in [6, 6.07) is 0.0359. The largest absolute Gasteiger partial charge is 0.383 e. The first-order chi connectivity index (χ1) is 11.1. The number of rotatable bonds is 8. The Balaban J connectivity index is 1.87. The van der Waals surface area contributed by atoms with Crippen LogP contribution < -0.4 is 0 Å². The second-order valence-electron chi connectivity index (χ2n) is 6.70. The summed E-state index contributed by atoms with van der Waals surface area (Å²) in [6.07, 6.45) is 3.61. The highest BCUT2D eigenvalue weighted by Crippen LogP contribution is 2.32. The van der Waals surface area contributed by atoms with Gasteiger partial charge in [0, 0.05) is 45.7 Å². The van der Waals surface area contributed by atoms with E-state index in [4.69, 9.17) is 9.47 Å². The second kappa shape index (κ2) is 8.64. The van der Waals surface area contributed by atoms with Crippen molar-refractivity contribution in [1.82, 2.24) is 9.80 Å². The monoisotopic (exact) mass is 326 g/mol. The summed E-state index contributed by atoms with van der Waals surface area (Å²) in [6.45, 7) is 5.06. The van der Waals surface area contributed by atoms with E-state index >= 15 is 0 Å². The maximum absolute atomic E-state index is 12.9. The molecule has 0 aromatic carbocycles. The van der Waals surface area contributed by atoms with Gasteiger partial charge in [-0.15, -0.1) is 0 Å². The molecule has 2 rings (SSSR count). The number of methoxy groups -OCH3 is 2. The van der Waals surface area contributed by atoms with E-state index in [1.165, 1.54) is 0 Å². The molecule has 6 nitrogen and oxygen atoms in total. The number of carbonyl (C=O) groups is 2. The zero-order valence-electron chi connectivity index (χ0n) is 14.6. The third-order valence-electron chi connectivity index (χ3n) is 4.84. The molecule has 2 amide bonds. The predicted molar refractivity (Wildman–Crippen MR) is 87.0 cm³/mol. The van der Waals surface area contributed by atoms with Gasteiger partial charge in [0.15, 0.2) is 0 Å². The molecule has 1 atom stereocenters. The third-order valence-corrected chi connectivity index (χ3v) is 4.84. The maximum Gasteiger partial charge on any atom is 0.226 e. The lowest BCUT2D eigenvalue weighted by Gasteiger charge is -2.36. The Morgan fingerprint density at radius 3 is 2.26 bits per heavy atom. The molecule has 132 valence electrons. The van der Waals surface area contributed by atoms with Gasteiger partial charge < -0.3 is 19.3 Å². The highest BCUT2D eigenvalue weighted by Gasteiger charge is 2.37. The Morgan fingerprint density at radius 2 is 1.74 bits per heavy atom. The van der Waals surface area contributed by atoms with E-state index in [1.54, 1.807) is 14.2 Å². The van der Waals surface area contributed by atoms with Crippen LogP contribution in [0.4, 0.5) is 0 Å². The van der Waals surface area contributed by atoms with Crippen LogP contribution >= 0.6 is 0 Å². The molecule has 0 bridgehead atoms. The van der Waals surface area contributed by atoms with Crippen molar-refractivity contribution in [2.45, 2.75) is 38.6 Å². The molecular weight excluding hydrogens is 296 g/mol. The van der Waals surface area contributed by atoms with Crippen molar-refractivity contribution in [2.24, 2.45) is 11.8 Å². The first-order valence-corrected chi connectivity index (χ1v) is 8.65. The average Bonchev–Trinajstić information content (AvgIpc) is 3.39. The highest BCUT2D eigenvalue weighted by molar-refractivity contribution is 5.82. The molecule has 1 saturated heterocycles. The Kier molecular flexibility index (Phi) is 6.84. The van der Waals surface area contributed by atoms with Crippen molar-refractivity contribution < 1.29 is 19.1 Å². The van der Waals surface area contributed by atoms with Gasteiger partial charge in [0.25, 0.3) is 0 Å². The SMILES string of the molecule is COCCN(C(=O)C1CCN(C(=O)C2CC2)CC1)[C@H](C)COC. The van der Waals surface area contributed by atoms with Crippen LogP contribution in [0.3, 0.4) is 0 Å². The van der Waals surface area contributed by atoms with Crippen LogP contribution in [0.2, 0.25) is 0 Å². The number of hydrogen-bond donors (Lipinski definition) is 0. The smallest absolute Gasteiger partial charge is 0.226 e. The number of ether oxygens (including phenoxy) is 2. The molecule has 0 aromatic rings. The number of hydrogen-bond acceptors (Lipinski definition) is 4. The van der Waals surface area contributed by atoms with E-state index in [1.807, 2.05) is 16.7 Å². The molecule has 0 N–H and O–H groups in total. The van der Waals surface area contributed by atoms with Crippen molar-refractivity contribution in [3.8, 4) is 0 Å². The standard InChI is InChI=1S/C17H30N2O4/c1-13(12-23-3)19(10-11-22-2)17(21)15-6-8-18(9-7-15)16(20)14-4-5-14/h13-15H,4-12H2,1-3H3/t13-/m1/s1. The minimum atomic E-state index is 0.00872. The van der Waals surface area contributed by atoms with Crippen LogP contribution in [0.15, 0.2) is 0 Å². The molecule has 2 aliphatic rings. The van der Waals surface area contributed by atoms with Gasteiger partial charge in [0.1, 0.15) is 0 Å². The van der Waals surface area contributed by atoms with Crippen molar-refractivity contribution in [1.29, 1.82) is 0 Å². The van der Waals surface area contributed by atoms with E-state index in [0.29, 0.717) is 38.8 Å². The summed E-state index contributed by atoms with van der Waals surface area (Å²) >= 11 is 0. The van der Waals surface area contributed by atoms with Crippen LogP contribution in [-0.4, -0.2) is 74.7 Å². The lowest BCUT2D eigenvalue weighted by molar-refractivity contribution is -0.144. The molecule has 1 aliphatic heterocycles. The number of nitrogens with zero attached hydrogens (tertiary/aromatic N) is 2. The zero-order valence-corrected chi connectivity index (χ0v) is 14.6. The molecule has 1 heterocycles. The molecule has 23 heavy (non-hydrogen) atoms. The molecule has 0 spiro atoms. The summed E-state index contributed by atoms with van der Waals surface area (Å²) in [5.74, 6) is 0.738. The number of carbonyl (C=O) groups excluding carboxylic acids is 2. The van der Waals surface area contributed by atoms with Gasteiger partial charge in [0.05, 0.1) is 19.3 Å². The van der Waals surface area contributed by atoms with Gasteiger partial charge in [-0.25, -0.2) is 0 Å². The van der Waals surface area contributed by atoms with Gasteiger partial charge in [-0.2, -0.15) is 0 Å². The molecule has 1 aliphatic carbocycles. The van der Waals surface area contributed by atoms with E-state index in [0.717, 1.165) is 25.7 Å². The summed E-state index contributed by atoms with van der Waals surface area (Å²) in [5, 5.41) is 0. The van der Waals surface area contributed by atoms with Gasteiger partial charge in [0.2, 0.25) is 11.8 Å². The fraction of sp³-hybridized carbons (Fsp3) is 0.882. The quantitative estimate of drug-likeness (QED) is 0.671. The van der Waals surface area contributed by atoms with Gasteiger partial charge in [-0.1, -0.05) is 0 Å². The summed E-state index contributed by atoms with van der Waals surface area (Å²) in [7, 11) is 3.29. The molecule has 6 heteroatoms. The Hall–Kier alpha value is -1.14. The van der Waals surface area contributed by atoms with Crippen LogP contribution in [0, 0.1) is 11.8 Å². The summed E-state index contributed by atoms with van der Waals surface area (Å²) in [5.41, 5.74) is 0. The van der Waals surface area contributed by atoms with Gasteiger partial charge in [-0.3, -0.25) is 9.59 Å². The topological polar surface area (TPSA) is 59.1 Å². The van der Waals surface area contributed by atoms with Gasteiger partial charge in [-0.05, 0) is 32.6 Å². The van der Waals surface area contributed by atoms with Crippen LogP contribution in [0.25, 0.3) is 0 Å². The van der Waals surface area contributed by atoms with E-state index in [9.17, 15) is 9.59 Å². The minimum Gasteiger partial charge on any atom is -0.383 e. The van der Waals surface area contributed by atoms with E-state index in [2.05, 4.69) is 0 Å². The Morgan fingerprint density at radius 1 is 1.09 bits per heavy atom. The highest BCUT2D eigenvalue weighted by atomic mass is 16.5. The molecule has 2 fully saturated rings. The Labute approximate surface area is 139 Å². The van der Waals surface area contributed by atoms with E-state index < -0.39 is 0 Å². The van der Waals surface area contributed by atoms with E-state index in [-0.39, 0.29) is 23.8 Å². The predicted octanol–water partition coefficient (Wildman–Crippen LogP) is 1.14. The second-order valence-corrected chi connectivity index (χ2v) is 6.70. The summed E-state index contributed by atoms with van der Waals surface area (Å²) in [4.78, 5) is 28.8. The zero-order chi connectivity index (χ0) is 16.8. The molecule has 0 unspecified atom stereocenters. The third kappa shape index (κ3) is 4.91. The number of piperidine rings is 1. The molecule has 1 saturated carbocycles. The maximum atomic E-state index is 12.9. The molecular formula is C17H30N2O4. The lowest BCUT2D eigenvalue weighted by atomic mass is 9.94.